The molecular weight excluding hydrogens is 304 g/mol. The van der Waals surface area contributed by atoms with Crippen molar-refractivity contribution < 1.29 is 18.0 Å². The fourth-order valence-electron chi connectivity index (χ4n) is 3.07. The van der Waals surface area contributed by atoms with E-state index in [0.29, 0.717) is 10.8 Å². The Labute approximate surface area is 129 Å². The molecule has 1 saturated heterocycles. The van der Waals surface area contributed by atoms with Crippen molar-refractivity contribution in [2.45, 2.75) is 37.1 Å². The molecule has 1 atom stereocenters. The molecule has 6 nitrogen and oxygen atoms in total. The van der Waals surface area contributed by atoms with Crippen LogP contribution in [0.15, 0.2) is 29.2 Å². The molecule has 2 aliphatic heterocycles. The maximum absolute atomic E-state index is 12.4. The molecule has 0 bridgehead atoms. The van der Waals surface area contributed by atoms with Crippen LogP contribution >= 0.6 is 0 Å². The van der Waals surface area contributed by atoms with Crippen LogP contribution in [0, 0.1) is 0 Å². The third kappa shape index (κ3) is 2.29. The van der Waals surface area contributed by atoms with Crippen molar-refractivity contribution >= 4 is 21.8 Å². The number of carbonyl (C=O) groups excluding carboxylic acids is 2. The Bertz CT molecular complexity index is 729. The first kappa shape index (κ1) is 15.0. The number of benzene rings is 1. The van der Waals surface area contributed by atoms with Gasteiger partial charge in [-0.05, 0) is 38.3 Å². The lowest BCUT2D eigenvalue weighted by molar-refractivity contribution is -0.134. The first-order valence-corrected chi connectivity index (χ1v) is 8.82. The summed E-state index contributed by atoms with van der Waals surface area (Å²) in [4.78, 5) is 26.4. The third-order valence-corrected chi connectivity index (χ3v) is 6.10. The lowest BCUT2D eigenvalue weighted by atomic mass is 10.0. The van der Waals surface area contributed by atoms with Gasteiger partial charge in [0, 0.05) is 12.6 Å². The zero-order chi connectivity index (χ0) is 15.9. The van der Waals surface area contributed by atoms with Gasteiger partial charge in [0.1, 0.15) is 11.4 Å². The summed E-state index contributed by atoms with van der Waals surface area (Å²) in [5, 5.41) is 0. The zero-order valence-corrected chi connectivity index (χ0v) is 13.2. The van der Waals surface area contributed by atoms with Gasteiger partial charge in [-0.15, -0.1) is 0 Å². The second-order valence-corrected chi connectivity index (χ2v) is 7.58. The largest absolute Gasteiger partial charge is 0.338 e. The van der Waals surface area contributed by atoms with Crippen molar-refractivity contribution in [3.63, 3.8) is 0 Å². The summed E-state index contributed by atoms with van der Waals surface area (Å²) in [6.45, 7) is 2.15. The second-order valence-electron chi connectivity index (χ2n) is 5.74. The van der Waals surface area contributed by atoms with E-state index in [9.17, 15) is 18.0 Å². The molecule has 1 fully saturated rings. The van der Waals surface area contributed by atoms with Gasteiger partial charge >= 0.3 is 0 Å². The maximum atomic E-state index is 12.4. The molecule has 2 aliphatic rings. The van der Waals surface area contributed by atoms with Gasteiger partial charge in [0.15, 0.2) is 0 Å². The Kier molecular flexibility index (Phi) is 3.68. The van der Waals surface area contributed by atoms with Gasteiger partial charge in [-0.1, -0.05) is 12.1 Å². The molecule has 0 N–H and O–H groups in total. The van der Waals surface area contributed by atoms with Crippen LogP contribution in [-0.4, -0.2) is 48.6 Å². The predicted octanol–water partition coefficient (Wildman–Crippen LogP) is 1.23. The topological polar surface area (TPSA) is 74.8 Å². The van der Waals surface area contributed by atoms with Crippen molar-refractivity contribution in [3.05, 3.63) is 29.8 Å². The molecule has 2 heterocycles. The first-order chi connectivity index (χ1) is 10.4. The minimum Gasteiger partial charge on any atom is -0.338 e. The first-order valence-electron chi connectivity index (χ1n) is 7.38. The van der Waals surface area contributed by atoms with E-state index in [0.717, 1.165) is 19.3 Å². The molecule has 0 aromatic heterocycles. The number of sulfonamides is 1. The van der Waals surface area contributed by atoms with Gasteiger partial charge in [-0.25, -0.2) is 12.7 Å². The highest BCUT2D eigenvalue weighted by atomic mass is 32.2. The van der Waals surface area contributed by atoms with E-state index in [2.05, 4.69) is 0 Å². The maximum Gasteiger partial charge on any atom is 0.269 e. The van der Waals surface area contributed by atoms with Crippen LogP contribution in [0.4, 0.5) is 0 Å². The Hall–Kier alpha value is -1.89. The van der Waals surface area contributed by atoms with Crippen LogP contribution in [0.1, 0.15) is 36.5 Å². The number of rotatable bonds is 2. The number of likely N-dealkylation sites (tertiary alicyclic amines) is 1. The quantitative estimate of drug-likeness (QED) is 0.821. The molecule has 0 aliphatic carbocycles. The Morgan fingerprint density at radius 2 is 2.00 bits per heavy atom. The van der Waals surface area contributed by atoms with Crippen LogP contribution in [0.25, 0.3) is 0 Å². The predicted molar refractivity (Wildman–Crippen MR) is 79.7 cm³/mol. The highest BCUT2D eigenvalue weighted by Gasteiger charge is 2.42. The van der Waals surface area contributed by atoms with Gasteiger partial charge in [0.05, 0.1) is 5.56 Å². The monoisotopic (exact) mass is 322 g/mol. The molecule has 1 aromatic rings. The third-order valence-electron chi connectivity index (χ3n) is 4.31. The van der Waals surface area contributed by atoms with Crippen LogP contribution in [-0.2, 0) is 14.8 Å². The minimum atomic E-state index is -3.91. The zero-order valence-electron chi connectivity index (χ0n) is 12.4. The Morgan fingerprint density at radius 3 is 2.68 bits per heavy atom. The van der Waals surface area contributed by atoms with Gasteiger partial charge in [0.25, 0.3) is 15.9 Å². The molecule has 0 saturated carbocycles. The van der Waals surface area contributed by atoms with Crippen molar-refractivity contribution in [2.24, 2.45) is 0 Å². The van der Waals surface area contributed by atoms with Crippen molar-refractivity contribution in [1.82, 2.24) is 9.21 Å². The van der Waals surface area contributed by atoms with Crippen molar-refractivity contribution in [3.8, 4) is 0 Å². The van der Waals surface area contributed by atoms with Crippen LogP contribution in [0.5, 0.6) is 0 Å². The normalized spacial score (nSPS) is 23.5. The smallest absolute Gasteiger partial charge is 0.269 e. The fraction of sp³-hybridized carbons (Fsp3) is 0.467. The van der Waals surface area contributed by atoms with Crippen molar-refractivity contribution in [1.29, 1.82) is 0 Å². The molecule has 7 heteroatoms. The molecule has 1 aromatic carbocycles. The summed E-state index contributed by atoms with van der Waals surface area (Å²) in [5.74, 6) is -0.925. The standard InChI is InChI=1S/C15H18N2O4S/c1-11-6-4-5-9-16(11)14(18)10-17-15(19)12-7-2-3-8-13(12)22(17,20)21/h2-3,7-8,11H,4-6,9-10H2,1H3/t11-/m0/s1. The van der Waals surface area contributed by atoms with Crippen molar-refractivity contribution in [2.75, 3.05) is 13.1 Å². The van der Waals surface area contributed by atoms with E-state index in [1.807, 2.05) is 6.92 Å². The average molecular weight is 322 g/mol. The fourth-order valence-corrected chi connectivity index (χ4v) is 4.59. The summed E-state index contributed by atoms with van der Waals surface area (Å²) in [6.07, 6.45) is 2.89. The molecule has 22 heavy (non-hydrogen) atoms. The molecule has 0 unspecified atom stereocenters. The summed E-state index contributed by atoms with van der Waals surface area (Å²) >= 11 is 0. The van der Waals surface area contributed by atoms with E-state index in [4.69, 9.17) is 0 Å². The second kappa shape index (κ2) is 5.39. The summed E-state index contributed by atoms with van der Waals surface area (Å²) in [7, 11) is -3.91. The van der Waals surface area contributed by atoms with Gasteiger partial charge < -0.3 is 4.90 Å². The molecular formula is C15H18N2O4S. The Balaban J connectivity index is 1.85. The number of nitrogens with zero attached hydrogens (tertiary/aromatic N) is 2. The van der Waals surface area contributed by atoms with Gasteiger partial charge in [-0.3, -0.25) is 9.59 Å². The number of hydrogen-bond donors (Lipinski definition) is 0. The lowest BCUT2D eigenvalue weighted by Gasteiger charge is -2.34. The van der Waals surface area contributed by atoms with E-state index >= 15 is 0 Å². The molecule has 3 rings (SSSR count). The lowest BCUT2D eigenvalue weighted by Crippen LogP contribution is -2.48. The summed E-state index contributed by atoms with van der Waals surface area (Å²) < 4.78 is 25.6. The van der Waals surface area contributed by atoms with Crippen LogP contribution < -0.4 is 0 Å². The van der Waals surface area contributed by atoms with Gasteiger partial charge in [-0.2, -0.15) is 0 Å². The Morgan fingerprint density at radius 1 is 1.27 bits per heavy atom. The highest BCUT2D eigenvalue weighted by Crippen LogP contribution is 2.30. The summed E-state index contributed by atoms with van der Waals surface area (Å²) in [6, 6.07) is 6.15. The van der Waals surface area contributed by atoms with Crippen LogP contribution in [0.2, 0.25) is 0 Å². The molecule has 0 spiro atoms. The van der Waals surface area contributed by atoms with E-state index < -0.39 is 22.5 Å². The minimum absolute atomic E-state index is 0.0144. The SMILES string of the molecule is C[C@H]1CCCCN1C(=O)CN1C(=O)c2ccccc2S1(=O)=O. The van der Waals surface area contributed by atoms with Gasteiger partial charge in [0.2, 0.25) is 5.91 Å². The number of hydrogen-bond acceptors (Lipinski definition) is 4. The number of piperidine rings is 1. The van der Waals surface area contributed by atoms with Crippen LogP contribution in [0.3, 0.4) is 0 Å². The van der Waals surface area contributed by atoms with E-state index in [-0.39, 0.29) is 22.4 Å². The highest BCUT2D eigenvalue weighted by molar-refractivity contribution is 7.90. The van der Waals surface area contributed by atoms with E-state index in [1.165, 1.54) is 12.1 Å². The summed E-state index contributed by atoms with van der Waals surface area (Å²) in [5.41, 5.74) is 0.141. The molecule has 118 valence electrons. The number of carbonyl (C=O) groups is 2. The molecule has 0 radical (unpaired) electrons. The molecule has 2 amide bonds. The number of amides is 2. The number of fused-ring (bicyclic) bond motifs is 1. The van der Waals surface area contributed by atoms with E-state index in [1.54, 1.807) is 17.0 Å². The average Bonchev–Trinajstić information content (AvgIpc) is 2.69.